The summed E-state index contributed by atoms with van der Waals surface area (Å²) in [7, 11) is 0. The summed E-state index contributed by atoms with van der Waals surface area (Å²) in [6, 6.07) is 4.85. The largest absolute Gasteiger partial charge is 0.443 e. The van der Waals surface area contributed by atoms with Crippen LogP contribution in [-0.4, -0.2) is 26.3 Å². The van der Waals surface area contributed by atoms with Crippen molar-refractivity contribution in [2.45, 2.75) is 6.04 Å². The first-order valence-electron chi connectivity index (χ1n) is 4.89. The second kappa shape index (κ2) is 4.34. The number of ether oxygens (including phenoxy) is 1. The minimum absolute atomic E-state index is 0.513. The van der Waals surface area contributed by atoms with Crippen molar-refractivity contribution < 1.29 is 9.15 Å². The Morgan fingerprint density at radius 1 is 1.40 bits per heavy atom. The molecule has 1 fully saturated rings. The SMILES string of the molecule is N#C[C@H](N)c1ccc(N2CCOCC2)o1. The lowest BCUT2D eigenvalue weighted by Gasteiger charge is -2.26. The highest BCUT2D eigenvalue weighted by Gasteiger charge is 2.16. The summed E-state index contributed by atoms with van der Waals surface area (Å²) in [6.45, 7) is 3.05. The Hall–Kier alpha value is -1.51. The van der Waals surface area contributed by atoms with E-state index in [4.69, 9.17) is 20.1 Å². The van der Waals surface area contributed by atoms with Gasteiger partial charge in [-0.15, -0.1) is 0 Å². The zero-order chi connectivity index (χ0) is 10.7. The van der Waals surface area contributed by atoms with Crippen LogP contribution >= 0.6 is 0 Å². The third-order valence-electron chi connectivity index (χ3n) is 2.38. The van der Waals surface area contributed by atoms with E-state index in [2.05, 4.69) is 4.90 Å². The molecule has 1 aromatic heterocycles. The topological polar surface area (TPSA) is 75.4 Å². The van der Waals surface area contributed by atoms with Crippen molar-refractivity contribution in [3.8, 4) is 6.07 Å². The van der Waals surface area contributed by atoms with E-state index in [-0.39, 0.29) is 0 Å². The van der Waals surface area contributed by atoms with Crippen LogP contribution in [-0.2, 0) is 4.74 Å². The Morgan fingerprint density at radius 3 is 2.80 bits per heavy atom. The van der Waals surface area contributed by atoms with Gasteiger partial charge in [-0.25, -0.2) is 0 Å². The molecule has 0 amide bonds. The summed E-state index contributed by atoms with van der Waals surface area (Å²) >= 11 is 0. The smallest absolute Gasteiger partial charge is 0.195 e. The molecule has 0 aliphatic carbocycles. The number of nitrogens with zero attached hydrogens (tertiary/aromatic N) is 2. The molecule has 80 valence electrons. The Kier molecular flexibility index (Phi) is 2.90. The quantitative estimate of drug-likeness (QED) is 0.770. The van der Waals surface area contributed by atoms with Crippen LogP contribution in [0.2, 0.25) is 0 Å². The first kappa shape index (κ1) is 10.0. The van der Waals surface area contributed by atoms with Crippen LogP contribution in [0, 0.1) is 11.3 Å². The number of hydrogen-bond acceptors (Lipinski definition) is 5. The van der Waals surface area contributed by atoms with E-state index in [0.717, 1.165) is 19.0 Å². The second-order valence-electron chi connectivity index (χ2n) is 3.38. The molecule has 1 atom stereocenters. The minimum Gasteiger partial charge on any atom is -0.443 e. The Labute approximate surface area is 88.0 Å². The number of anilines is 1. The first-order chi connectivity index (χ1) is 7.31. The molecular weight excluding hydrogens is 194 g/mol. The van der Waals surface area contributed by atoms with Gasteiger partial charge in [0.05, 0.1) is 19.3 Å². The van der Waals surface area contributed by atoms with Crippen molar-refractivity contribution >= 4 is 5.88 Å². The minimum atomic E-state index is -0.681. The average molecular weight is 207 g/mol. The Morgan fingerprint density at radius 2 is 2.13 bits per heavy atom. The predicted octanol–water partition coefficient (Wildman–Crippen LogP) is 0.640. The van der Waals surface area contributed by atoms with E-state index >= 15 is 0 Å². The van der Waals surface area contributed by atoms with Gasteiger partial charge in [0.1, 0.15) is 5.76 Å². The van der Waals surface area contributed by atoms with Crippen molar-refractivity contribution in [2.24, 2.45) is 5.73 Å². The van der Waals surface area contributed by atoms with Crippen LogP contribution in [0.15, 0.2) is 16.5 Å². The standard InChI is InChI=1S/C10H13N3O2/c11-7-8(12)9-1-2-10(15-9)13-3-5-14-6-4-13/h1-2,8H,3-6,12H2/t8-/m0/s1. The van der Waals surface area contributed by atoms with E-state index in [1.165, 1.54) is 0 Å². The second-order valence-corrected chi connectivity index (χ2v) is 3.38. The van der Waals surface area contributed by atoms with Crippen molar-refractivity contribution in [3.05, 3.63) is 17.9 Å². The van der Waals surface area contributed by atoms with Crippen LogP contribution < -0.4 is 10.6 Å². The molecule has 1 aliphatic rings. The molecule has 2 heterocycles. The zero-order valence-corrected chi connectivity index (χ0v) is 8.35. The lowest BCUT2D eigenvalue weighted by Crippen LogP contribution is -2.35. The highest BCUT2D eigenvalue weighted by Crippen LogP contribution is 2.22. The molecule has 0 saturated carbocycles. The fourth-order valence-electron chi connectivity index (χ4n) is 1.53. The van der Waals surface area contributed by atoms with Crippen molar-refractivity contribution in [1.29, 1.82) is 5.26 Å². The summed E-state index contributed by atoms with van der Waals surface area (Å²) in [5.41, 5.74) is 5.54. The molecular formula is C10H13N3O2. The van der Waals surface area contributed by atoms with E-state index in [1.54, 1.807) is 6.07 Å². The number of nitrogens with two attached hydrogens (primary N) is 1. The van der Waals surface area contributed by atoms with Gasteiger partial charge in [-0.3, -0.25) is 0 Å². The van der Waals surface area contributed by atoms with Crippen molar-refractivity contribution in [2.75, 3.05) is 31.2 Å². The van der Waals surface area contributed by atoms with Gasteiger partial charge >= 0.3 is 0 Å². The van der Waals surface area contributed by atoms with Gasteiger partial charge in [-0.1, -0.05) is 0 Å². The molecule has 0 aromatic carbocycles. The number of hydrogen-bond donors (Lipinski definition) is 1. The van der Waals surface area contributed by atoms with Crippen LogP contribution in [0.3, 0.4) is 0 Å². The van der Waals surface area contributed by atoms with Crippen molar-refractivity contribution in [1.82, 2.24) is 0 Å². The molecule has 1 saturated heterocycles. The molecule has 0 radical (unpaired) electrons. The van der Waals surface area contributed by atoms with E-state index in [0.29, 0.717) is 19.0 Å². The molecule has 2 N–H and O–H groups in total. The Bertz CT molecular complexity index is 363. The van der Waals surface area contributed by atoms with Gasteiger partial charge in [-0.2, -0.15) is 5.26 Å². The van der Waals surface area contributed by atoms with Gasteiger partial charge < -0.3 is 19.8 Å². The number of rotatable bonds is 2. The van der Waals surface area contributed by atoms with Gasteiger partial charge in [0, 0.05) is 19.2 Å². The van der Waals surface area contributed by atoms with Gasteiger partial charge in [0.15, 0.2) is 11.9 Å². The van der Waals surface area contributed by atoms with E-state index in [9.17, 15) is 0 Å². The van der Waals surface area contributed by atoms with Crippen molar-refractivity contribution in [3.63, 3.8) is 0 Å². The zero-order valence-electron chi connectivity index (χ0n) is 8.35. The maximum atomic E-state index is 8.64. The van der Waals surface area contributed by atoms with Gasteiger partial charge in [0.2, 0.25) is 0 Å². The summed E-state index contributed by atoms with van der Waals surface area (Å²) in [4.78, 5) is 2.08. The monoisotopic (exact) mass is 207 g/mol. The lowest BCUT2D eigenvalue weighted by atomic mass is 10.3. The maximum absolute atomic E-state index is 8.64. The third kappa shape index (κ3) is 2.12. The summed E-state index contributed by atoms with van der Waals surface area (Å²) in [5.74, 6) is 1.28. The van der Waals surface area contributed by atoms with Crippen LogP contribution in [0.25, 0.3) is 0 Å². The number of nitriles is 1. The molecule has 0 unspecified atom stereocenters. The highest BCUT2D eigenvalue weighted by atomic mass is 16.5. The number of morpholine rings is 1. The highest BCUT2D eigenvalue weighted by molar-refractivity contribution is 5.38. The predicted molar refractivity (Wildman–Crippen MR) is 54.3 cm³/mol. The molecule has 1 aromatic rings. The molecule has 2 rings (SSSR count). The number of furan rings is 1. The molecule has 15 heavy (non-hydrogen) atoms. The van der Waals surface area contributed by atoms with Crippen LogP contribution in [0.1, 0.15) is 11.8 Å². The fourth-order valence-corrected chi connectivity index (χ4v) is 1.53. The normalized spacial score (nSPS) is 18.5. The lowest BCUT2D eigenvalue weighted by molar-refractivity contribution is 0.120. The molecule has 1 aliphatic heterocycles. The third-order valence-corrected chi connectivity index (χ3v) is 2.38. The van der Waals surface area contributed by atoms with E-state index < -0.39 is 6.04 Å². The van der Waals surface area contributed by atoms with Crippen LogP contribution in [0.5, 0.6) is 0 Å². The van der Waals surface area contributed by atoms with Gasteiger partial charge in [0.25, 0.3) is 0 Å². The first-order valence-corrected chi connectivity index (χ1v) is 4.89. The summed E-state index contributed by atoms with van der Waals surface area (Å²) in [6.07, 6.45) is 0. The fraction of sp³-hybridized carbons (Fsp3) is 0.500. The van der Waals surface area contributed by atoms with Crippen LogP contribution in [0.4, 0.5) is 5.88 Å². The van der Waals surface area contributed by atoms with E-state index in [1.807, 2.05) is 12.1 Å². The Balaban J connectivity index is 2.09. The molecule has 0 bridgehead atoms. The van der Waals surface area contributed by atoms with Gasteiger partial charge in [-0.05, 0) is 6.07 Å². The molecule has 0 spiro atoms. The molecule has 5 nitrogen and oxygen atoms in total. The summed E-state index contributed by atoms with van der Waals surface area (Å²) < 4.78 is 10.7. The molecule has 5 heteroatoms. The maximum Gasteiger partial charge on any atom is 0.195 e. The average Bonchev–Trinajstić information content (AvgIpc) is 2.78. The summed E-state index contributed by atoms with van der Waals surface area (Å²) in [5, 5.41) is 8.64.